The summed E-state index contributed by atoms with van der Waals surface area (Å²) in [5.74, 6) is -1.59. The lowest BCUT2D eigenvalue weighted by Crippen LogP contribution is -1.98. The van der Waals surface area contributed by atoms with Crippen LogP contribution in [0.4, 0.5) is 8.78 Å². The monoisotopic (exact) mass is 252 g/mol. The van der Waals surface area contributed by atoms with Gasteiger partial charge in [0, 0.05) is 25.1 Å². The van der Waals surface area contributed by atoms with E-state index in [0.29, 0.717) is 24.0 Å². The Balaban J connectivity index is 2.09. The summed E-state index contributed by atoms with van der Waals surface area (Å²) in [5, 5.41) is 0. The zero-order valence-electron chi connectivity index (χ0n) is 10.1. The SMILES string of the molecule is CC(=O)CCCCn1cnc2cc(F)c(F)cc21. The maximum Gasteiger partial charge on any atom is 0.161 e. The molecule has 1 heterocycles. The first kappa shape index (κ1) is 12.7. The number of carbonyl (C=O) groups excluding carboxylic acids is 1. The highest BCUT2D eigenvalue weighted by Gasteiger charge is 2.08. The largest absolute Gasteiger partial charge is 0.331 e. The number of hydrogen-bond acceptors (Lipinski definition) is 2. The van der Waals surface area contributed by atoms with Crippen molar-refractivity contribution in [2.45, 2.75) is 32.7 Å². The molecule has 2 rings (SSSR count). The number of unbranched alkanes of at least 4 members (excludes halogenated alkanes) is 1. The molecule has 0 bridgehead atoms. The Hall–Kier alpha value is -1.78. The smallest absolute Gasteiger partial charge is 0.161 e. The van der Waals surface area contributed by atoms with Crippen LogP contribution in [0.1, 0.15) is 26.2 Å². The van der Waals surface area contributed by atoms with Crippen LogP contribution in [0.2, 0.25) is 0 Å². The van der Waals surface area contributed by atoms with Crippen LogP contribution in [-0.4, -0.2) is 15.3 Å². The minimum atomic E-state index is -0.885. The number of fused-ring (bicyclic) bond motifs is 1. The van der Waals surface area contributed by atoms with Crippen molar-refractivity contribution in [2.75, 3.05) is 0 Å². The van der Waals surface area contributed by atoms with Crippen LogP contribution >= 0.6 is 0 Å². The van der Waals surface area contributed by atoms with Crippen LogP contribution in [0.15, 0.2) is 18.5 Å². The van der Waals surface area contributed by atoms with Crippen LogP contribution in [0, 0.1) is 11.6 Å². The van der Waals surface area contributed by atoms with E-state index in [2.05, 4.69) is 4.98 Å². The van der Waals surface area contributed by atoms with Crippen LogP contribution in [0.3, 0.4) is 0 Å². The van der Waals surface area contributed by atoms with Crippen molar-refractivity contribution >= 4 is 16.8 Å². The van der Waals surface area contributed by atoms with E-state index < -0.39 is 11.6 Å². The van der Waals surface area contributed by atoms with Crippen LogP contribution < -0.4 is 0 Å². The molecule has 0 unspecified atom stereocenters. The molecule has 0 aliphatic rings. The van der Waals surface area contributed by atoms with Crippen LogP contribution in [-0.2, 0) is 11.3 Å². The number of halogens is 2. The lowest BCUT2D eigenvalue weighted by Gasteiger charge is -2.03. The van der Waals surface area contributed by atoms with Crippen molar-refractivity contribution in [2.24, 2.45) is 0 Å². The first-order valence-corrected chi connectivity index (χ1v) is 5.87. The molecule has 5 heteroatoms. The second-order valence-electron chi connectivity index (χ2n) is 4.35. The Morgan fingerprint density at radius 1 is 1.28 bits per heavy atom. The van der Waals surface area contributed by atoms with E-state index in [0.717, 1.165) is 25.0 Å². The van der Waals surface area contributed by atoms with E-state index in [1.807, 2.05) is 0 Å². The molecule has 0 aliphatic carbocycles. The molecular formula is C13H14F2N2O. The molecule has 0 atom stereocenters. The molecule has 0 aliphatic heterocycles. The fourth-order valence-electron chi connectivity index (χ4n) is 1.89. The fraction of sp³-hybridized carbons (Fsp3) is 0.385. The molecule has 1 aromatic carbocycles. The Labute approximate surface area is 103 Å². The van der Waals surface area contributed by atoms with Gasteiger partial charge in [-0.3, -0.25) is 0 Å². The van der Waals surface area contributed by atoms with Gasteiger partial charge in [0.1, 0.15) is 5.78 Å². The predicted molar refractivity (Wildman–Crippen MR) is 64.2 cm³/mol. The van der Waals surface area contributed by atoms with Gasteiger partial charge in [-0.05, 0) is 19.8 Å². The highest BCUT2D eigenvalue weighted by Crippen LogP contribution is 2.18. The summed E-state index contributed by atoms with van der Waals surface area (Å²) in [7, 11) is 0. The van der Waals surface area contributed by atoms with Gasteiger partial charge in [0.05, 0.1) is 17.4 Å². The molecule has 18 heavy (non-hydrogen) atoms. The summed E-state index contributed by atoms with van der Waals surface area (Å²) in [5.41, 5.74) is 1.03. The summed E-state index contributed by atoms with van der Waals surface area (Å²) in [4.78, 5) is 14.8. The Kier molecular flexibility index (Phi) is 3.69. The molecule has 0 spiro atoms. The van der Waals surface area contributed by atoms with Gasteiger partial charge >= 0.3 is 0 Å². The fourth-order valence-corrected chi connectivity index (χ4v) is 1.89. The van der Waals surface area contributed by atoms with Crippen molar-refractivity contribution in [1.82, 2.24) is 9.55 Å². The number of rotatable bonds is 5. The maximum absolute atomic E-state index is 13.1. The standard InChI is InChI=1S/C13H14F2N2O/c1-9(18)4-2-3-5-17-8-16-12-6-10(14)11(15)7-13(12)17/h6-8H,2-5H2,1H3. The number of carbonyl (C=O) groups is 1. The van der Waals surface area contributed by atoms with E-state index in [4.69, 9.17) is 0 Å². The number of benzene rings is 1. The van der Waals surface area contributed by atoms with Gasteiger partial charge in [-0.2, -0.15) is 0 Å². The average molecular weight is 252 g/mol. The molecule has 0 saturated heterocycles. The topological polar surface area (TPSA) is 34.9 Å². The van der Waals surface area contributed by atoms with Gasteiger partial charge in [-0.15, -0.1) is 0 Å². The van der Waals surface area contributed by atoms with Gasteiger partial charge in [-0.25, -0.2) is 13.8 Å². The molecule has 0 saturated carbocycles. The average Bonchev–Trinajstić information content (AvgIpc) is 2.68. The molecule has 96 valence electrons. The second kappa shape index (κ2) is 5.25. The maximum atomic E-state index is 13.1. The van der Waals surface area contributed by atoms with Gasteiger partial charge < -0.3 is 9.36 Å². The van der Waals surface area contributed by atoms with Crippen molar-refractivity contribution in [3.63, 3.8) is 0 Å². The summed E-state index contributed by atoms with van der Waals surface area (Å²) >= 11 is 0. The third kappa shape index (κ3) is 2.72. The van der Waals surface area contributed by atoms with Crippen molar-refractivity contribution in [3.05, 3.63) is 30.1 Å². The molecule has 0 amide bonds. The van der Waals surface area contributed by atoms with E-state index >= 15 is 0 Å². The van der Waals surface area contributed by atoms with Gasteiger partial charge in [0.2, 0.25) is 0 Å². The van der Waals surface area contributed by atoms with Crippen LogP contribution in [0.25, 0.3) is 11.0 Å². The third-order valence-electron chi connectivity index (χ3n) is 2.84. The lowest BCUT2D eigenvalue weighted by atomic mass is 10.2. The van der Waals surface area contributed by atoms with Crippen LogP contribution in [0.5, 0.6) is 0 Å². The Morgan fingerprint density at radius 2 is 2.00 bits per heavy atom. The normalized spacial score (nSPS) is 11.1. The summed E-state index contributed by atoms with van der Waals surface area (Å²) in [6, 6.07) is 2.25. The number of hydrogen-bond donors (Lipinski definition) is 0. The third-order valence-corrected chi connectivity index (χ3v) is 2.84. The summed E-state index contributed by atoms with van der Waals surface area (Å²) < 4.78 is 27.9. The number of ketones is 1. The first-order chi connectivity index (χ1) is 8.58. The van der Waals surface area contributed by atoms with Crippen molar-refractivity contribution in [1.29, 1.82) is 0 Å². The minimum Gasteiger partial charge on any atom is -0.331 e. The Morgan fingerprint density at radius 3 is 2.72 bits per heavy atom. The number of aryl methyl sites for hydroxylation is 1. The van der Waals surface area contributed by atoms with Crippen molar-refractivity contribution < 1.29 is 13.6 Å². The molecular weight excluding hydrogens is 238 g/mol. The second-order valence-corrected chi connectivity index (χ2v) is 4.35. The molecule has 0 radical (unpaired) electrons. The van der Waals surface area contributed by atoms with E-state index in [-0.39, 0.29) is 5.78 Å². The van der Waals surface area contributed by atoms with Crippen molar-refractivity contribution in [3.8, 4) is 0 Å². The van der Waals surface area contributed by atoms with E-state index in [1.165, 1.54) is 0 Å². The quantitative estimate of drug-likeness (QED) is 0.766. The van der Waals surface area contributed by atoms with E-state index in [1.54, 1.807) is 17.8 Å². The Bertz CT molecular complexity index is 578. The highest BCUT2D eigenvalue weighted by molar-refractivity contribution is 5.75. The summed E-state index contributed by atoms with van der Waals surface area (Å²) in [6.07, 6.45) is 3.72. The summed E-state index contributed by atoms with van der Waals surface area (Å²) in [6.45, 7) is 2.21. The molecule has 2 aromatic rings. The number of nitrogens with zero attached hydrogens (tertiary/aromatic N) is 2. The molecule has 0 N–H and O–H groups in total. The van der Waals surface area contributed by atoms with Gasteiger partial charge in [0.25, 0.3) is 0 Å². The molecule has 3 nitrogen and oxygen atoms in total. The first-order valence-electron chi connectivity index (χ1n) is 5.87. The van der Waals surface area contributed by atoms with E-state index in [9.17, 15) is 13.6 Å². The lowest BCUT2D eigenvalue weighted by molar-refractivity contribution is -0.117. The number of imidazole rings is 1. The zero-order chi connectivity index (χ0) is 13.1. The van der Waals surface area contributed by atoms with Gasteiger partial charge in [-0.1, -0.05) is 0 Å². The molecule has 0 fully saturated rings. The zero-order valence-corrected chi connectivity index (χ0v) is 10.1. The molecule has 1 aromatic heterocycles. The van der Waals surface area contributed by atoms with Gasteiger partial charge in [0.15, 0.2) is 11.6 Å². The number of Topliss-reactive ketones (excluding diaryl/α,β-unsaturated/α-hetero) is 1. The predicted octanol–water partition coefficient (Wildman–Crippen LogP) is 3.07. The minimum absolute atomic E-state index is 0.165. The number of aromatic nitrogens is 2. The highest BCUT2D eigenvalue weighted by atomic mass is 19.2.